The van der Waals surface area contributed by atoms with Gasteiger partial charge in [-0.3, -0.25) is 4.79 Å². The Labute approximate surface area is 172 Å². The first-order valence-corrected chi connectivity index (χ1v) is 9.71. The molecule has 0 aliphatic carbocycles. The molecule has 0 spiro atoms. The third kappa shape index (κ3) is 6.73. The summed E-state index contributed by atoms with van der Waals surface area (Å²) in [5.74, 6) is 1.38. The predicted molar refractivity (Wildman–Crippen MR) is 113 cm³/mol. The SMILES string of the molecule is COc1ccc(CCC(=O)NC(CCN(C)C)c2ccc(Cl)cc2)cc1OC. The zero-order chi connectivity index (χ0) is 20.5. The van der Waals surface area contributed by atoms with E-state index in [9.17, 15) is 4.79 Å². The molecule has 1 amide bonds. The molecular weight excluding hydrogens is 376 g/mol. The Morgan fingerprint density at radius 2 is 1.75 bits per heavy atom. The number of amides is 1. The van der Waals surface area contributed by atoms with Gasteiger partial charge in [-0.1, -0.05) is 29.8 Å². The lowest BCUT2D eigenvalue weighted by atomic mass is 10.0. The van der Waals surface area contributed by atoms with Crippen LogP contribution in [0.1, 0.15) is 30.0 Å². The van der Waals surface area contributed by atoms with Crippen molar-refractivity contribution < 1.29 is 14.3 Å². The molecule has 1 unspecified atom stereocenters. The van der Waals surface area contributed by atoms with Crippen LogP contribution < -0.4 is 14.8 Å². The Morgan fingerprint density at radius 1 is 1.07 bits per heavy atom. The zero-order valence-corrected chi connectivity index (χ0v) is 17.8. The van der Waals surface area contributed by atoms with Crippen molar-refractivity contribution in [2.24, 2.45) is 0 Å². The number of nitrogens with zero attached hydrogens (tertiary/aromatic N) is 1. The van der Waals surface area contributed by atoms with Crippen molar-refractivity contribution in [2.75, 3.05) is 34.9 Å². The molecule has 2 aromatic carbocycles. The maximum atomic E-state index is 12.6. The number of hydrogen-bond acceptors (Lipinski definition) is 4. The summed E-state index contributed by atoms with van der Waals surface area (Å²) in [5, 5.41) is 3.85. The van der Waals surface area contributed by atoms with E-state index in [1.165, 1.54) is 0 Å². The fourth-order valence-electron chi connectivity index (χ4n) is 2.97. The summed E-state index contributed by atoms with van der Waals surface area (Å²) in [7, 11) is 7.26. The van der Waals surface area contributed by atoms with Gasteiger partial charge >= 0.3 is 0 Å². The molecule has 28 heavy (non-hydrogen) atoms. The van der Waals surface area contributed by atoms with Crippen LogP contribution in [-0.4, -0.2) is 45.7 Å². The first-order valence-electron chi connectivity index (χ1n) is 9.33. The lowest BCUT2D eigenvalue weighted by Crippen LogP contribution is -2.31. The van der Waals surface area contributed by atoms with Gasteiger partial charge in [0.15, 0.2) is 11.5 Å². The van der Waals surface area contributed by atoms with Crippen LogP contribution in [0.15, 0.2) is 42.5 Å². The van der Waals surface area contributed by atoms with Crippen LogP contribution in [0.25, 0.3) is 0 Å². The van der Waals surface area contributed by atoms with E-state index in [-0.39, 0.29) is 11.9 Å². The van der Waals surface area contributed by atoms with E-state index < -0.39 is 0 Å². The number of carbonyl (C=O) groups is 1. The fourth-order valence-corrected chi connectivity index (χ4v) is 3.09. The number of aryl methyl sites for hydroxylation is 1. The third-order valence-corrected chi connectivity index (χ3v) is 4.81. The number of methoxy groups -OCH3 is 2. The maximum absolute atomic E-state index is 12.6. The molecule has 2 rings (SSSR count). The summed E-state index contributed by atoms with van der Waals surface area (Å²) in [5.41, 5.74) is 2.09. The van der Waals surface area contributed by atoms with Gasteiger partial charge in [-0.05, 0) is 68.9 Å². The van der Waals surface area contributed by atoms with E-state index in [4.69, 9.17) is 21.1 Å². The molecule has 1 N–H and O–H groups in total. The highest BCUT2D eigenvalue weighted by atomic mass is 35.5. The summed E-state index contributed by atoms with van der Waals surface area (Å²) >= 11 is 6.00. The summed E-state index contributed by atoms with van der Waals surface area (Å²) in [4.78, 5) is 14.7. The van der Waals surface area contributed by atoms with Crippen molar-refractivity contribution in [2.45, 2.75) is 25.3 Å². The summed E-state index contributed by atoms with van der Waals surface area (Å²) in [6, 6.07) is 13.3. The maximum Gasteiger partial charge on any atom is 0.220 e. The van der Waals surface area contributed by atoms with E-state index >= 15 is 0 Å². The molecule has 0 bridgehead atoms. The van der Waals surface area contributed by atoms with Crippen LogP contribution in [-0.2, 0) is 11.2 Å². The van der Waals surface area contributed by atoms with E-state index in [0.717, 1.165) is 24.1 Å². The number of ether oxygens (including phenoxy) is 2. The van der Waals surface area contributed by atoms with Crippen LogP contribution in [0.5, 0.6) is 11.5 Å². The Morgan fingerprint density at radius 3 is 2.36 bits per heavy atom. The number of hydrogen-bond donors (Lipinski definition) is 1. The van der Waals surface area contributed by atoms with Crippen LogP contribution in [0, 0.1) is 0 Å². The van der Waals surface area contributed by atoms with E-state index in [1.807, 2.05) is 56.6 Å². The molecule has 2 aromatic rings. The highest BCUT2D eigenvalue weighted by Crippen LogP contribution is 2.28. The molecule has 0 aliphatic rings. The normalized spacial score (nSPS) is 11.9. The molecule has 152 valence electrons. The Balaban J connectivity index is 1.99. The van der Waals surface area contributed by atoms with Gasteiger partial charge in [-0.15, -0.1) is 0 Å². The molecule has 6 heteroatoms. The highest BCUT2D eigenvalue weighted by molar-refractivity contribution is 6.30. The van der Waals surface area contributed by atoms with Gasteiger partial charge in [-0.2, -0.15) is 0 Å². The molecular formula is C22H29ClN2O3. The van der Waals surface area contributed by atoms with E-state index in [1.54, 1.807) is 14.2 Å². The van der Waals surface area contributed by atoms with Crippen molar-refractivity contribution in [3.8, 4) is 11.5 Å². The Kier molecular flexibility index (Phi) is 8.61. The topological polar surface area (TPSA) is 50.8 Å². The van der Waals surface area contributed by atoms with Crippen LogP contribution in [0.2, 0.25) is 5.02 Å². The first-order chi connectivity index (χ1) is 13.4. The standard InChI is InChI=1S/C22H29ClN2O3/c1-25(2)14-13-19(17-7-9-18(23)10-8-17)24-22(26)12-6-16-5-11-20(27-3)21(15-16)28-4/h5,7-11,15,19H,6,12-14H2,1-4H3,(H,24,26). The second-order valence-electron chi connectivity index (χ2n) is 6.95. The molecule has 0 radical (unpaired) electrons. The van der Waals surface area contributed by atoms with Crippen molar-refractivity contribution in [1.82, 2.24) is 10.2 Å². The average molecular weight is 405 g/mol. The zero-order valence-electron chi connectivity index (χ0n) is 17.0. The number of rotatable bonds is 10. The highest BCUT2D eigenvalue weighted by Gasteiger charge is 2.15. The van der Waals surface area contributed by atoms with Crippen LogP contribution in [0.4, 0.5) is 0 Å². The van der Waals surface area contributed by atoms with Gasteiger partial charge in [0.1, 0.15) is 0 Å². The van der Waals surface area contributed by atoms with Gasteiger partial charge in [0.2, 0.25) is 5.91 Å². The molecule has 0 saturated heterocycles. The molecule has 5 nitrogen and oxygen atoms in total. The van der Waals surface area contributed by atoms with Gasteiger partial charge in [0.05, 0.1) is 20.3 Å². The Hall–Kier alpha value is -2.24. The summed E-state index contributed by atoms with van der Waals surface area (Å²) in [6.07, 6.45) is 1.87. The Bertz CT molecular complexity index is 763. The lowest BCUT2D eigenvalue weighted by Gasteiger charge is -2.21. The molecule has 1 atom stereocenters. The van der Waals surface area contributed by atoms with E-state index in [2.05, 4.69) is 10.2 Å². The molecule has 0 saturated carbocycles. The lowest BCUT2D eigenvalue weighted by molar-refractivity contribution is -0.121. The quantitative estimate of drug-likeness (QED) is 0.647. The molecule has 0 aromatic heterocycles. The molecule has 0 heterocycles. The van der Waals surface area contributed by atoms with Gasteiger partial charge in [0, 0.05) is 11.4 Å². The van der Waals surface area contributed by atoms with Crippen molar-refractivity contribution in [3.63, 3.8) is 0 Å². The smallest absolute Gasteiger partial charge is 0.220 e. The molecule has 0 aliphatic heterocycles. The van der Waals surface area contributed by atoms with Crippen molar-refractivity contribution in [3.05, 3.63) is 58.6 Å². The molecule has 0 fully saturated rings. The minimum absolute atomic E-state index is 0.0218. The summed E-state index contributed by atoms with van der Waals surface area (Å²) < 4.78 is 10.6. The average Bonchev–Trinajstić information content (AvgIpc) is 2.69. The van der Waals surface area contributed by atoms with Gasteiger partial charge < -0.3 is 19.7 Å². The minimum atomic E-state index is -0.0439. The summed E-state index contributed by atoms with van der Waals surface area (Å²) in [6.45, 7) is 0.878. The largest absolute Gasteiger partial charge is 0.493 e. The van der Waals surface area contributed by atoms with Crippen LogP contribution in [0.3, 0.4) is 0 Å². The van der Waals surface area contributed by atoms with Crippen molar-refractivity contribution >= 4 is 17.5 Å². The van der Waals surface area contributed by atoms with Gasteiger partial charge in [0.25, 0.3) is 0 Å². The fraction of sp³-hybridized carbons (Fsp3) is 0.409. The van der Waals surface area contributed by atoms with Crippen molar-refractivity contribution in [1.29, 1.82) is 0 Å². The van der Waals surface area contributed by atoms with Gasteiger partial charge in [-0.25, -0.2) is 0 Å². The minimum Gasteiger partial charge on any atom is -0.493 e. The predicted octanol–water partition coefficient (Wildman–Crippen LogP) is 4.10. The van der Waals surface area contributed by atoms with E-state index in [0.29, 0.717) is 29.4 Å². The monoisotopic (exact) mass is 404 g/mol. The number of nitrogens with one attached hydrogen (secondary N) is 1. The number of carbonyl (C=O) groups excluding carboxylic acids is 1. The first kappa shape index (κ1) is 22.1. The number of halogens is 1. The number of benzene rings is 2. The van der Waals surface area contributed by atoms with Crippen LogP contribution >= 0.6 is 11.6 Å². The second-order valence-corrected chi connectivity index (χ2v) is 7.39. The third-order valence-electron chi connectivity index (χ3n) is 4.56. The second kappa shape index (κ2) is 10.9.